The van der Waals surface area contributed by atoms with Crippen LogP contribution in [-0.2, 0) is 16.1 Å². The van der Waals surface area contributed by atoms with Crippen molar-refractivity contribution in [1.29, 1.82) is 0 Å². The number of nitrogens with zero attached hydrogens (tertiary/aromatic N) is 1. The molecule has 0 N–H and O–H groups in total. The molecule has 1 aromatic rings. The van der Waals surface area contributed by atoms with Crippen LogP contribution in [0.2, 0.25) is 0 Å². The predicted molar refractivity (Wildman–Crippen MR) is 74.8 cm³/mol. The van der Waals surface area contributed by atoms with Crippen LogP contribution in [0.4, 0.5) is 0 Å². The zero-order valence-corrected chi connectivity index (χ0v) is 11.1. The number of ether oxygens (including phenoxy) is 2. The van der Waals surface area contributed by atoms with E-state index in [2.05, 4.69) is 11.9 Å². The largest absolute Gasteiger partial charge is 0.490 e. The third kappa shape index (κ3) is 6.21. The SMILES string of the molecule is CC/C=C(\C=N/C)OCCOCc1ccccc1. The fourth-order valence-electron chi connectivity index (χ4n) is 1.46. The van der Waals surface area contributed by atoms with E-state index in [0.717, 1.165) is 12.2 Å². The van der Waals surface area contributed by atoms with Gasteiger partial charge in [0.2, 0.25) is 0 Å². The highest BCUT2D eigenvalue weighted by molar-refractivity contribution is 5.75. The Labute approximate surface area is 109 Å². The van der Waals surface area contributed by atoms with Crippen molar-refractivity contribution in [3.05, 3.63) is 47.7 Å². The fraction of sp³-hybridized carbons (Fsp3) is 0.400. The number of aliphatic imine (C=N–C) groups is 1. The molecule has 0 radical (unpaired) electrons. The van der Waals surface area contributed by atoms with Crippen molar-refractivity contribution in [2.45, 2.75) is 20.0 Å². The van der Waals surface area contributed by atoms with Gasteiger partial charge in [-0.05, 0) is 18.1 Å². The molecule has 0 aromatic heterocycles. The quantitative estimate of drug-likeness (QED) is 0.401. The Balaban J connectivity index is 2.16. The average Bonchev–Trinajstić information content (AvgIpc) is 2.40. The summed E-state index contributed by atoms with van der Waals surface area (Å²) in [6.07, 6.45) is 4.66. The Bertz CT molecular complexity index is 371. The van der Waals surface area contributed by atoms with Gasteiger partial charge in [0.15, 0.2) is 0 Å². The summed E-state index contributed by atoms with van der Waals surface area (Å²) in [5, 5.41) is 0. The van der Waals surface area contributed by atoms with E-state index < -0.39 is 0 Å². The van der Waals surface area contributed by atoms with Crippen molar-refractivity contribution in [3.8, 4) is 0 Å². The molecule has 0 amide bonds. The fourth-order valence-corrected chi connectivity index (χ4v) is 1.46. The maximum atomic E-state index is 5.55. The van der Waals surface area contributed by atoms with E-state index in [4.69, 9.17) is 9.47 Å². The summed E-state index contributed by atoms with van der Waals surface area (Å²) >= 11 is 0. The molecule has 0 spiro atoms. The maximum absolute atomic E-state index is 5.55. The summed E-state index contributed by atoms with van der Waals surface area (Å²) in [7, 11) is 1.73. The zero-order chi connectivity index (χ0) is 13.1. The molecule has 0 atom stereocenters. The summed E-state index contributed by atoms with van der Waals surface area (Å²) in [4.78, 5) is 3.94. The van der Waals surface area contributed by atoms with Crippen LogP contribution in [0.1, 0.15) is 18.9 Å². The maximum Gasteiger partial charge on any atom is 0.133 e. The highest BCUT2D eigenvalue weighted by Crippen LogP contribution is 2.01. The first-order chi connectivity index (χ1) is 8.86. The molecule has 1 rings (SSSR count). The second-order valence-electron chi connectivity index (χ2n) is 3.79. The van der Waals surface area contributed by atoms with Crippen LogP contribution in [0, 0.1) is 0 Å². The molecule has 1 aromatic carbocycles. The third-order valence-electron chi connectivity index (χ3n) is 2.27. The molecule has 0 bridgehead atoms. The van der Waals surface area contributed by atoms with E-state index in [-0.39, 0.29) is 0 Å². The van der Waals surface area contributed by atoms with Gasteiger partial charge in [-0.3, -0.25) is 4.99 Å². The first-order valence-corrected chi connectivity index (χ1v) is 6.23. The van der Waals surface area contributed by atoms with Gasteiger partial charge in [0.05, 0.1) is 19.4 Å². The predicted octanol–water partition coefficient (Wildman–Crippen LogP) is 3.21. The van der Waals surface area contributed by atoms with Gasteiger partial charge in [-0.2, -0.15) is 0 Å². The summed E-state index contributed by atoms with van der Waals surface area (Å²) in [5.74, 6) is 0.809. The highest BCUT2D eigenvalue weighted by atomic mass is 16.5. The molecule has 0 heterocycles. The third-order valence-corrected chi connectivity index (χ3v) is 2.27. The second-order valence-corrected chi connectivity index (χ2v) is 3.79. The Hall–Kier alpha value is -1.61. The minimum absolute atomic E-state index is 0.546. The number of hydrogen-bond donors (Lipinski definition) is 0. The summed E-state index contributed by atoms with van der Waals surface area (Å²) in [6, 6.07) is 10.1. The molecule has 0 fully saturated rings. The number of rotatable bonds is 8. The lowest BCUT2D eigenvalue weighted by molar-refractivity contribution is 0.0709. The smallest absolute Gasteiger partial charge is 0.133 e. The van der Waals surface area contributed by atoms with Gasteiger partial charge in [0, 0.05) is 7.05 Å². The number of hydrogen-bond acceptors (Lipinski definition) is 3. The van der Waals surface area contributed by atoms with Crippen molar-refractivity contribution in [2.75, 3.05) is 20.3 Å². The Morgan fingerprint density at radius 3 is 2.67 bits per heavy atom. The molecule has 0 aliphatic rings. The van der Waals surface area contributed by atoms with Crippen LogP contribution in [-0.4, -0.2) is 26.5 Å². The van der Waals surface area contributed by atoms with E-state index in [1.54, 1.807) is 13.3 Å². The van der Waals surface area contributed by atoms with Gasteiger partial charge in [0.1, 0.15) is 12.4 Å². The van der Waals surface area contributed by atoms with Gasteiger partial charge in [-0.1, -0.05) is 37.3 Å². The number of benzene rings is 1. The van der Waals surface area contributed by atoms with Crippen molar-refractivity contribution in [2.24, 2.45) is 4.99 Å². The minimum Gasteiger partial charge on any atom is -0.490 e. The van der Waals surface area contributed by atoms with E-state index >= 15 is 0 Å². The molecule has 3 nitrogen and oxygen atoms in total. The topological polar surface area (TPSA) is 30.8 Å². The van der Waals surface area contributed by atoms with Crippen molar-refractivity contribution >= 4 is 6.21 Å². The number of allylic oxidation sites excluding steroid dienone is 2. The summed E-state index contributed by atoms with van der Waals surface area (Å²) in [5.41, 5.74) is 1.18. The van der Waals surface area contributed by atoms with E-state index in [0.29, 0.717) is 19.8 Å². The monoisotopic (exact) mass is 247 g/mol. The van der Waals surface area contributed by atoms with Crippen LogP contribution in [0.25, 0.3) is 0 Å². The van der Waals surface area contributed by atoms with Crippen LogP contribution >= 0.6 is 0 Å². The summed E-state index contributed by atoms with van der Waals surface area (Å²) in [6.45, 7) is 3.82. The Kier molecular flexibility index (Phi) is 7.57. The minimum atomic E-state index is 0.546. The Morgan fingerprint density at radius 1 is 1.22 bits per heavy atom. The molecule has 0 saturated carbocycles. The van der Waals surface area contributed by atoms with Crippen molar-refractivity contribution in [3.63, 3.8) is 0 Å². The molecule has 0 aliphatic carbocycles. The van der Waals surface area contributed by atoms with Crippen molar-refractivity contribution in [1.82, 2.24) is 0 Å². The molecular weight excluding hydrogens is 226 g/mol. The van der Waals surface area contributed by atoms with Gasteiger partial charge < -0.3 is 9.47 Å². The van der Waals surface area contributed by atoms with Crippen molar-refractivity contribution < 1.29 is 9.47 Å². The molecule has 0 unspecified atom stereocenters. The standard InChI is InChI=1S/C15H21NO2/c1-3-7-15(12-16-2)18-11-10-17-13-14-8-5-4-6-9-14/h4-9,12H,3,10-11,13H2,1-2H3/b15-7+,16-12-. The lowest BCUT2D eigenvalue weighted by Gasteiger charge is -2.07. The van der Waals surface area contributed by atoms with Gasteiger partial charge >= 0.3 is 0 Å². The second kappa shape index (κ2) is 9.42. The zero-order valence-electron chi connectivity index (χ0n) is 11.1. The van der Waals surface area contributed by atoms with E-state index in [9.17, 15) is 0 Å². The van der Waals surface area contributed by atoms with Gasteiger partial charge in [-0.25, -0.2) is 0 Å². The van der Waals surface area contributed by atoms with Crippen LogP contribution in [0.15, 0.2) is 47.2 Å². The molecule has 0 saturated heterocycles. The lowest BCUT2D eigenvalue weighted by atomic mass is 10.2. The normalized spacial score (nSPS) is 12.0. The average molecular weight is 247 g/mol. The molecule has 18 heavy (non-hydrogen) atoms. The van der Waals surface area contributed by atoms with E-state index in [1.165, 1.54) is 5.56 Å². The lowest BCUT2D eigenvalue weighted by Crippen LogP contribution is -2.05. The van der Waals surface area contributed by atoms with Gasteiger partial charge in [-0.15, -0.1) is 0 Å². The molecule has 0 aliphatic heterocycles. The van der Waals surface area contributed by atoms with Crippen LogP contribution in [0.3, 0.4) is 0 Å². The first kappa shape index (κ1) is 14.5. The first-order valence-electron chi connectivity index (χ1n) is 6.23. The summed E-state index contributed by atoms with van der Waals surface area (Å²) < 4.78 is 11.1. The highest BCUT2D eigenvalue weighted by Gasteiger charge is 1.95. The Morgan fingerprint density at radius 2 is 2.00 bits per heavy atom. The van der Waals surface area contributed by atoms with E-state index in [1.807, 2.05) is 36.4 Å². The van der Waals surface area contributed by atoms with Gasteiger partial charge in [0.25, 0.3) is 0 Å². The molecule has 98 valence electrons. The van der Waals surface area contributed by atoms with Crippen LogP contribution in [0.5, 0.6) is 0 Å². The van der Waals surface area contributed by atoms with Crippen LogP contribution < -0.4 is 0 Å². The molecule has 3 heteroatoms. The molecular formula is C15H21NO2.